The summed E-state index contributed by atoms with van der Waals surface area (Å²) in [4.78, 5) is 0. The van der Waals surface area contributed by atoms with Gasteiger partial charge in [-0.2, -0.15) is 10.4 Å². The van der Waals surface area contributed by atoms with Gasteiger partial charge in [0.05, 0.1) is 17.0 Å². The van der Waals surface area contributed by atoms with Crippen LogP contribution in [0.4, 0.5) is 0 Å². The van der Waals surface area contributed by atoms with Gasteiger partial charge in [0.15, 0.2) is 0 Å². The molecule has 0 saturated heterocycles. The lowest BCUT2D eigenvalue weighted by molar-refractivity contribution is 0.291. The Balaban J connectivity index is 2.14. The van der Waals surface area contributed by atoms with E-state index in [4.69, 9.17) is 10.00 Å². The molecule has 18 heavy (non-hydrogen) atoms. The SMILES string of the molecule is CCn1nc(C)cc1COc1ccccc1C#N. The second-order valence-corrected chi connectivity index (χ2v) is 3.99. The molecule has 0 bridgehead atoms. The average molecular weight is 241 g/mol. The molecule has 0 aliphatic heterocycles. The van der Waals surface area contributed by atoms with Crippen LogP contribution < -0.4 is 4.74 Å². The number of ether oxygens (including phenoxy) is 1. The van der Waals surface area contributed by atoms with E-state index in [9.17, 15) is 0 Å². The van der Waals surface area contributed by atoms with Crippen molar-refractivity contribution >= 4 is 0 Å². The minimum absolute atomic E-state index is 0.424. The Morgan fingerprint density at radius 1 is 1.39 bits per heavy atom. The first-order chi connectivity index (χ1) is 8.74. The summed E-state index contributed by atoms with van der Waals surface area (Å²) in [7, 11) is 0. The normalized spacial score (nSPS) is 10.1. The van der Waals surface area contributed by atoms with E-state index in [1.54, 1.807) is 12.1 Å². The molecule has 0 saturated carbocycles. The average Bonchev–Trinajstić information content (AvgIpc) is 2.77. The standard InChI is InChI=1S/C14H15N3O/c1-3-17-13(8-11(2)16-17)10-18-14-7-5-4-6-12(14)9-15/h4-8H,3,10H2,1-2H3. The number of hydrogen-bond donors (Lipinski definition) is 0. The van der Waals surface area contributed by atoms with Crippen LogP contribution in [0.5, 0.6) is 5.75 Å². The van der Waals surface area contributed by atoms with Crippen LogP contribution in [-0.4, -0.2) is 9.78 Å². The topological polar surface area (TPSA) is 50.8 Å². The molecular formula is C14H15N3O. The van der Waals surface area contributed by atoms with Gasteiger partial charge in [-0.05, 0) is 32.0 Å². The highest BCUT2D eigenvalue weighted by atomic mass is 16.5. The van der Waals surface area contributed by atoms with Gasteiger partial charge in [-0.1, -0.05) is 12.1 Å². The van der Waals surface area contributed by atoms with Gasteiger partial charge in [0.25, 0.3) is 0 Å². The Kier molecular flexibility index (Phi) is 3.63. The van der Waals surface area contributed by atoms with Crippen molar-refractivity contribution in [1.82, 2.24) is 9.78 Å². The maximum atomic E-state index is 8.97. The molecule has 0 aliphatic rings. The highest BCUT2D eigenvalue weighted by Crippen LogP contribution is 2.18. The molecule has 2 aromatic rings. The zero-order valence-corrected chi connectivity index (χ0v) is 10.6. The Morgan fingerprint density at radius 3 is 2.89 bits per heavy atom. The molecule has 2 rings (SSSR count). The molecule has 0 amide bonds. The molecule has 0 N–H and O–H groups in total. The van der Waals surface area contributed by atoms with Crippen molar-refractivity contribution in [1.29, 1.82) is 5.26 Å². The zero-order chi connectivity index (χ0) is 13.0. The molecule has 1 aromatic carbocycles. The van der Waals surface area contributed by atoms with Gasteiger partial charge >= 0.3 is 0 Å². The minimum atomic E-state index is 0.424. The van der Waals surface area contributed by atoms with Crippen LogP contribution in [-0.2, 0) is 13.2 Å². The summed E-state index contributed by atoms with van der Waals surface area (Å²) in [6.45, 7) is 5.23. The summed E-state index contributed by atoms with van der Waals surface area (Å²) in [5, 5.41) is 13.3. The van der Waals surface area contributed by atoms with E-state index in [0.717, 1.165) is 17.9 Å². The van der Waals surface area contributed by atoms with E-state index in [1.807, 2.05) is 36.7 Å². The van der Waals surface area contributed by atoms with Crippen molar-refractivity contribution in [3.63, 3.8) is 0 Å². The summed E-state index contributed by atoms with van der Waals surface area (Å²) >= 11 is 0. The molecule has 0 atom stereocenters. The fraction of sp³-hybridized carbons (Fsp3) is 0.286. The van der Waals surface area contributed by atoms with Gasteiger partial charge in [-0.3, -0.25) is 4.68 Å². The maximum absolute atomic E-state index is 8.97. The summed E-state index contributed by atoms with van der Waals surface area (Å²) in [6, 6.07) is 11.4. The first kappa shape index (κ1) is 12.2. The molecule has 0 radical (unpaired) electrons. The van der Waals surface area contributed by atoms with E-state index in [0.29, 0.717) is 17.9 Å². The van der Waals surface area contributed by atoms with Gasteiger partial charge in [0.1, 0.15) is 18.4 Å². The zero-order valence-electron chi connectivity index (χ0n) is 10.6. The molecule has 4 heteroatoms. The van der Waals surface area contributed by atoms with Crippen molar-refractivity contribution < 1.29 is 4.74 Å². The number of para-hydroxylation sites is 1. The van der Waals surface area contributed by atoms with Gasteiger partial charge in [0.2, 0.25) is 0 Å². The number of rotatable bonds is 4. The van der Waals surface area contributed by atoms with Crippen molar-refractivity contribution in [3.8, 4) is 11.8 Å². The summed E-state index contributed by atoms with van der Waals surface area (Å²) in [5.41, 5.74) is 2.54. The van der Waals surface area contributed by atoms with Crippen LogP contribution in [0.1, 0.15) is 23.9 Å². The molecule has 1 heterocycles. The van der Waals surface area contributed by atoms with E-state index < -0.39 is 0 Å². The Labute approximate surface area is 106 Å². The summed E-state index contributed by atoms with van der Waals surface area (Å²) in [5.74, 6) is 0.613. The predicted molar refractivity (Wildman–Crippen MR) is 68.1 cm³/mol. The molecule has 4 nitrogen and oxygen atoms in total. The van der Waals surface area contributed by atoms with E-state index in [1.165, 1.54) is 0 Å². The van der Waals surface area contributed by atoms with Crippen LogP contribution in [0.25, 0.3) is 0 Å². The lowest BCUT2D eigenvalue weighted by atomic mass is 10.2. The second kappa shape index (κ2) is 5.37. The minimum Gasteiger partial charge on any atom is -0.486 e. The molecule has 0 fully saturated rings. The third kappa shape index (κ3) is 2.51. The second-order valence-electron chi connectivity index (χ2n) is 3.99. The summed E-state index contributed by atoms with van der Waals surface area (Å²) < 4.78 is 7.59. The number of aryl methyl sites for hydroxylation is 2. The smallest absolute Gasteiger partial charge is 0.137 e. The van der Waals surface area contributed by atoms with Crippen LogP contribution in [0.15, 0.2) is 30.3 Å². The highest BCUT2D eigenvalue weighted by molar-refractivity contribution is 5.42. The molecule has 0 unspecified atom stereocenters. The number of aromatic nitrogens is 2. The Bertz CT molecular complexity index is 581. The number of nitriles is 1. The molecule has 0 spiro atoms. The van der Waals surface area contributed by atoms with Crippen molar-refractivity contribution in [2.45, 2.75) is 27.0 Å². The summed E-state index contributed by atoms with van der Waals surface area (Å²) in [6.07, 6.45) is 0. The monoisotopic (exact) mass is 241 g/mol. The highest BCUT2D eigenvalue weighted by Gasteiger charge is 2.06. The number of hydrogen-bond acceptors (Lipinski definition) is 3. The Morgan fingerprint density at radius 2 is 2.17 bits per heavy atom. The third-order valence-electron chi connectivity index (χ3n) is 2.67. The van der Waals surface area contributed by atoms with E-state index in [-0.39, 0.29) is 0 Å². The van der Waals surface area contributed by atoms with Gasteiger partial charge in [-0.15, -0.1) is 0 Å². The van der Waals surface area contributed by atoms with E-state index >= 15 is 0 Å². The number of nitrogens with zero attached hydrogens (tertiary/aromatic N) is 3. The van der Waals surface area contributed by atoms with Crippen LogP contribution in [0, 0.1) is 18.3 Å². The quantitative estimate of drug-likeness (QED) is 0.826. The molecule has 0 aliphatic carbocycles. The Hall–Kier alpha value is -2.28. The predicted octanol–water partition coefficient (Wildman–Crippen LogP) is 2.66. The fourth-order valence-electron chi connectivity index (χ4n) is 1.83. The van der Waals surface area contributed by atoms with Crippen LogP contribution >= 0.6 is 0 Å². The van der Waals surface area contributed by atoms with Crippen molar-refractivity contribution in [3.05, 3.63) is 47.3 Å². The first-order valence-electron chi connectivity index (χ1n) is 5.90. The number of benzene rings is 1. The van der Waals surface area contributed by atoms with Crippen LogP contribution in [0.3, 0.4) is 0 Å². The molecular weight excluding hydrogens is 226 g/mol. The maximum Gasteiger partial charge on any atom is 0.137 e. The van der Waals surface area contributed by atoms with Crippen molar-refractivity contribution in [2.75, 3.05) is 0 Å². The van der Waals surface area contributed by atoms with Gasteiger partial charge in [-0.25, -0.2) is 0 Å². The lowest BCUT2D eigenvalue weighted by Gasteiger charge is -2.08. The van der Waals surface area contributed by atoms with Gasteiger partial charge in [0, 0.05) is 6.54 Å². The third-order valence-corrected chi connectivity index (χ3v) is 2.67. The van der Waals surface area contributed by atoms with Gasteiger partial charge < -0.3 is 4.74 Å². The lowest BCUT2D eigenvalue weighted by Crippen LogP contribution is -2.06. The molecule has 1 aromatic heterocycles. The van der Waals surface area contributed by atoms with Crippen LogP contribution in [0.2, 0.25) is 0 Å². The molecule has 92 valence electrons. The largest absolute Gasteiger partial charge is 0.486 e. The first-order valence-corrected chi connectivity index (χ1v) is 5.90. The fourth-order valence-corrected chi connectivity index (χ4v) is 1.83. The van der Waals surface area contributed by atoms with Crippen molar-refractivity contribution in [2.24, 2.45) is 0 Å². The van der Waals surface area contributed by atoms with E-state index in [2.05, 4.69) is 11.2 Å².